The first-order valence-corrected chi connectivity index (χ1v) is 5.11. The molecule has 2 heterocycles. The number of nitrogens with two attached hydrogens (primary N) is 1. The molecule has 6 nitrogen and oxygen atoms in total. The number of nitrogens with zero attached hydrogens (tertiary/aromatic N) is 3. The zero-order valence-corrected chi connectivity index (χ0v) is 9.92. The average molecular weight is 320 g/mol. The Labute approximate surface area is 100 Å². The maximum atomic E-state index is 10.5. The van der Waals surface area contributed by atoms with Gasteiger partial charge in [0.25, 0.3) is 0 Å². The fraction of sp³-hybridized carbons (Fsp3) is 0.250. The molecule has 15 heavy (non-hydrogen) atoms. The first kappa shape index (κ1) is 11.8. The molecule has 2 N–H and O–H groups in total. The van der Waals surface area contributed by atoms with Gasteiger partial charge in [-0.15, -0.1) is 0 Å². The Kier molecular flexibility index (Phi) is 4.40. The summed E-state index contributed by atoms with van der Waals surface area (Å²) in [5.74, 6) is 0.362. The van der Waals surface area contributed by atoms with Gasteiger partial charge < -0.3 is 5.73 Å². The maximum absolute atomic E-state index is 10.5. The van der Waals surface area contributed by atoms with Crippen LogP contribution in [0, 0.1) is 0 Å². The van der Waals surface area contributed by atoms with E-state index in [0.29, 0.717) is 18.7 Å². The number of carbonyl (C=O) groups is 2. The van der Waals surface area contributed by atoms with Crippen LogP contribution in [0.15, 0.2) is 18.6 Å². The molecule has 0 aromatic carbocycles. The van der Waals surface area contributed by atoms with Crippen LogP contribution in [-0.2, 0) is 9.59 Å². The second kappa shape index (κ2) is 5.59. The topological polar surface area (TPSA) is 89.2 Å². The Morgan fingerprint density at radius 2 is 1.93 bits per heavy atom. The molecule has 2 amide bonds. The van der Waals surface area contributed by atoms with Gasteiger partial charge in [0, 0.05) is 19.0 Å². The number of aromatic nitrogens is 2. The van der Waals surface area contributed by atoms with Gasteiger partial charge in [0.05, 0.1) is 22.9 Å². The average Bonchev–Trinajstić information content (AvgIpc) is 2.52. The number of halogens is 1. The van der Waals surface area contributed by atoms with Crippen LogP contribution in [0.25, 0.3) is 0 Å². The summed E-state index contributed by atoms with van der Waals surface area (Å²) in [4.78, 5) is 28.3. The third kappa shape index (κ3) is 3.78. The third-order valence-corrected chi connectivity index (χ3v) is 2.67. The lowest BCUT2D eigenvalue weighted by Crippen LogP contribution is -2.16. The van der Waals surface area contributed by atoms with Crippen LogP contribution in [0.4, 0.5) is 5.82 Å². The van der Waals surface area contributed by atoms with E-state index in [2.05, 4.69) is 9.97 Å². The van der Waals surface area contributed by atoms with E-state index in [1.165, 1.54) is 6.33 Å². The van der Waals surface area contributed by atoms with Crippen molar-refractivity contribution in [1.82, 2.24) is 13.1 Å². The quantitative estimate of drug-likeness (QED) is 0.428. The SMILES string of the molecule is Nc1ccncn1.O=C1CCC(=O)N1I. The molecule has 0 atom stereocenters. The lowest BCUT2D eigenvalue weighted by atomic mass is 10.4. The fourth-order valence-electron chi connectivity index (χ4n) is 0.850. The number of imide groups is 1. The molecule has 7 heteroatoms. The van der Waals surface area contributed by atoms with Crippen LogP contribution in [0.1, 0.15) is 12.8 Å². The van der Waals surface area contributed by atoms with Crippen molar-refractivity contribution in [3.8, 4) is 0 Å². The molecule has 1 saturated heterocycles. The highest BCUT2D eigenvalue weighted by molar-refractivity contribution is 14.1. The zero-order chi connectivity index (χ0) is 11.3. The van der Waals surface area contributed by atoms with Crippen LogP contribution < -0.4 is 5.73 Å². The van der Waals surface area contributed by atoms with Gasteiger partial charge in [0.2, 0.25) is 11.8 Å². The highest BCUT2D eigenvalue weighted by Crippen LogP contribution is 2.15. The molecule has 0 saturated carbocycles. The molecule has 1 aliphatic heterocycles. The molecule has 1 aromatic rings. The monoisotopic (exact) mass is 320 g/mol. The van der Waals surface area contributed by atoms with E-state index in [4.69, 9.17) is 5.73 Å². The second-order valence-corrected chi connectivity index (χ2v) is 3.67. The van der Waals surface area contributed by atoms with Gasteiger partial charge in [0.1, 0.15) is 12.1 Å². The minimum Gasteiger partial charge on any atom is -0.384 e. The van der Waals surface area contributed by atoms with Crippen molar-refractivity contribution >= 4 is 40.5 Å². The zero-order valence-electron chi connectivity index (χ0n) is 7.76. The number of hydrogen-bond donors (Lipinski definition) is 1. The molecule has 0 aliphatic carbocycles. The summed E-state index contributed by atoms with van der Waals surface area (Å²) in [7, 11) is 0. The molecule has 0 spiro atoms. The van der Waals surface area contributed by atoms with Gasteiger partial charge in [0.15, 0.2) is 0 Å². The van der Waals surface area contributed by atoms with Gasteiger partial charge in [-0.3, -0.25) is 9.59 Å². The Morgan fingerprint density at radius 1 is 1.33 bits per heavy atom. The third-order valence-electron chi connectivity index (χ3n) is 1.60. The first-order valence-electron chi connectivity index (χ1n) is 4.14. The van der Waals surface area contributed by atoms with Crippen LogP contribution in [-0.4, -0.2) is 24.9 Å². The van der Waals surface area contributed by atoms with Gasteiger partial charge >= 0.3 is 0 Å². The van der Waals surface area contributed by atoms with E-state index in [-0.39, 0.29) is 11.8 Å². The molecule has 0 unspecified atom stereocenters. The predicted octanol–water partition coefficient (Wildman–Crippen LogP) is 0.544. The van der Waals surface area contributed by atoms with Gasteiger partial charge in [-0.05, 0) is 6.07 Å². The molecular formula is C8H9IN4O2. The molecule has 0 radical (unpaired) electrons. The molecule has 2 rings (SSSR count). The van der Waals surface area contributed by atoms with Crippen molar-refractivity contribution in [2.75, 3.05) is 5.73 Å². The second-order valence-electron chi connectivity index (χ2n) is 2.70. The fourth-order valence-corrected chi connectivity index (χ4v) is 1.33. The first-order chi connectivity index (χ1) is 7.11. The van der Waals surface area contributed by atoms with Gasteiger partial charge in [-0.25, -0.2) is 13.1 Å². The molecule has 1 aromatic heterocycles. The van der Waals surface area contributed by atoms with Crippen LogP contribution in [0.3, 0.4) is 0 Å². The molecule has 1 aliphatic rings. The number of hydrogen-bond acceptors (Lipinski definition) is 5. The highest BCUT2D eigenvalue weighted by Gasteiger charge is 2.26. The van der Waals surface area contributed by atoms with E-state index < -0.39 is 0 Å². The highest BCUT2D eigenvalue weighted by atomic mass is 127. The van der Waals surface area contributed by atoms with E-state index >= 15 is 0 Å². The summed E-state index contributed by atoms with van der Waals surface area (Å²) < 4.78 is 1.14. The predicted molar refractivity (Wildman–Crippen MR) is 61.6 cm³/mol. The Bertz CT molecular complexity index is 341. The number of anilines is 1. The number of rotatable bonds is 0. The van der Waals surface area contributed by atoms with Crippen LogP contribution in [0.5, 0.6) is 0 Å². The van der Waals surface area contributed by atoms with Crippen LogP contribution in [0.2, 0.25) is 0 Å². The smallest absolute Gasteiger partial charge is 0.238 e. The molecule has 1 fully saturated rings. The van der Waals surface area contributed by atoms with E-state index in [9.17, 15) is 9.59 Å². The molecular weight excluding hydrogens is 311 g/mol. The van der Waals surface area contributed by atoms with Crippen molar-refractivity contribution in [3.05, 3.63) is 18.6 Å². The normalized spacial score (nSPS) is 14.9. The summed E-state index contributed by atoms with van der Waals surface area (Å²) in [6.45, 7) is 0. The van der Waals surface area contributed by atoms with Crippen molar-refractivity contribution in [2.24, 2.45) is 0 Å². The lowest BCUT2D eigenvalue weighted by Gasteiger charge is -1.97. The largest absolute Gasteiger partial charge is 0.384 e. The number of nitrogen functional groups attached to an aromatic ring is 1. The van der Waals surface area contributed by atoms with Crippen molar-refractivity contribution in [2.45, 2.75) is 12.8 Å². The van der Waals surface area contributed by atoms with Crippen LogP contribution >= 0.6 is 22.9 Å². The van der Waals surface area contributed by atoms with Crippen molar-refractivity contribution in [1.29, 1.82) is 0 Å². The minimum atomic E-state index is -0.0735. The Balaban J connectivity index is 0.000000151. The minimum absolute atomic E-state index is 0.0735. The van der Waals surface area contributed by atoms with E-state index in [0.717, 1.165) is 3.11 Å². The number of carbonyl (C=O) groups excluding carboxylic acids is 2. The van der Waals surface area contributed by atoms with Gasteiger partial charge in [-0.2, -0.15) is 0 Å². The Hall–Kier alpha value is -1.25. The number of amides is 2. The van der Waals surface area contributed by atoms with Gasteiger partial charge in [-0.1, -0.05) is 0 Å². The summed E-state index contributed by atoms with van der Waals surface area (Å²) in [5.41, 5.74) is 5.21. The molecule has 80 valence electrons. The summed E-state index contributed by atoms with van der Waals surface area (Å²) >= 11 is 1.72. The van der Waals surface area contributed by atoms with Crippen molar-refractivity contribution in [3.63, 3.8) is 0 Å². The van der Waals surface area contributed by atoms with E-state index in [1.54, 1.807) is 35.1 Å². The summed E-state index contributed by atoms with van der Waals surface area (Å²) in [6, 6.07) is 1.64. The maximum Gasteiger partial charge on any atom is 0.238 e. The standard InChI is InChI=1S/C4H4INO2.C4H5N3/c5-6-3(7)1-2-4(6)8;5-4-1-2-6-3-7-4/h1-2H2;1-3H,(H2,5,6,7). The summed E-state index contributed by atoms with van der Waals surface area (Å²) in [6.07, 6.45) is 3.79. The molecule has 0 bridgehead atoms. The Morgan fingerprint density at radius 3 is 2.13 bits per heavy atom. The summed E-state index contributed by atoms with van der Waals surface area (Å²) in [5, 5.41) is 0. The lowest BCUT2D eigenvalue weighted by molar-refractivity contribution is -0.130. The van der Waals surface area contributed by atoms with Crippen molar-refractivity contribution < 1.29 is 9.59 Å². The van der Waals surface area contributed by atoms with E-state index in [1.807, 2.05) is 0 Å².